The Hall–Kier alpha value is -3.56. The predicted octanol–water partition coefficient (Wildman–Crippen LogP) is 1.76. The molecule has 9 nitrogen and oxygen atoms in total. The number of nitrogens with one attached hydrogen (secondary N) is 2. The van der Waals surface area contributed by atoms with Crippen molar-refractivity contribution in [1.82, 2.24) is 15.3 Å². The largest absolute Gasteiger partial charge is 0.493 e. The number of aromatic amines is 1. The van der Waals surface area contributed by atoms with E-state index in [2.05, 4.69) is 15.3 Å². The van der Waals surface area contributed by atoms with Gasteiger partial charge in [0, 0.05) is 12.1 Å². The Bertz CT molecular complexity index is 1020. The lowest BCUT2D eigenvalue weighted by atomic mass is 10.1. The molecule has 0 aliphatic heterocycles. The summed E-state index contributed by atoms with van der Waals surface area (Å²) in [5.41, 5.74) is 7.38. The number of methoxy groups -OCH3 is 2. The number of aliphatic hydroxyl groups is 1. The minimum atomic E-state index is -0.650. The summed E-state index contributed by atoms with van der Waals surface area (Å²) in [6.45, 7) is 1.28. The van der Waals surface area contributed by atoms with E-state index in [0.717, 1.165) is 17.5 Å². The molecule has 2 aromatic carbocycles. The number of amides is 1. The number of primary amides is 1. The van der Waals surface area contributed by atoms with E-state index in [-0.39, 0.29) is 12.3 Å². The molecule has 1 heterocycles. The molecule has 0 aliphatic rings. The average Bonchev–Trinajstić information content (AvgIpc) is 3.31. The maximum Gasteiger partial charge on any atom is 0.266 e. The molecule has 170 valence electrons. The summed E-state index contributed by atoms with van der Waals surface area (Å²) < 4.78 is 16.2. The second kappa shape index (κ2) is 11.2. The SMILES string of the molecule is COc1ccc(CCNC[C@@H](O)COc2ccc(-c3ncc(C(N)=O)[nH]3)cc2)cc1OC. The number of H-pyrrole nitrogens is 1. The predicted molar refractivity (Wildman–Crippen MR) is 120 cm³/mol. The average molecular weight is 441 g/mol. The van der Waals surface area contributed by atoms with Crippen LogP contribution >= 0.6 is 0 Å². The zero-order valence-electron chi connectivity index (χ0n) is 18.1. The summed E-state index contributed by atoms with van der Waals surface area (Å²) in [6, 6.07) is 13.0. The Morgan fingerprint density at radius 1 is 1.16 bits per heavy atom. The number of nitrogens with two attached hydrogens (primary N) is 1. The van der Waals surface area contributed by atoms with Gasteiger partial charge in [0.1, 0.15) is 30.0 Å². The number of aromatic nitrogens is 2. The lowest BCUT2D eigenvalue weighted by molar-refractivity contribution is 0.0996. The first kappa shape index (κ1) is 23.1. The fourth-order valence-corrected chi connectivity index (χ4v) is 3.09. The zero-order valence-corrected chi connectivity index (χ0v) is 18.1. The van der Waals surface area contributed by atoms with Crippen molar-refractivity contribution in [3.63, 3.8) is 0 Å². The van der Waals surface area contributed by atoms with Crippen LogP contribution in [0.2, 0.25) is 0 Å². The molecule has 1 amide bonds. The number of carbonyl (C=O) groups excluding carboxylic acids is 1. The van der Waals surface area contributed by atoms with Gasteiger partial charge in [-0.25, -0.2) is 4.98 Å². The summed E-state index contributed by atoms with van der Waals surface area (Å²) in [7, 11) is 3.22. The summed E-state index contributed by atoms with van der Waals surface area (Å²) in [5, 5.41) is 13.4. The van der Waals surface area contributed by atoms with Gasteiger partial charge in [-0.15, -0.1) is 0 Å². The van der Waals surface area contributed by atoms with Crippen LogP contribution in [-0.2, 0) is 6.42 Å². The molecule has 1 atom stereocenters. The molecule has 1 aromatic heterocycles. The number of rotatable bonds is 12. The molecule has 5 N–H and O–H groups in total. The highest BCUT2D eigenvalue weighted by molar-refractivity contribution is 5.91. The smallest absolute Gasteiger partial charge is 0.266 e. The van der Waals surface area contributed by atoms with Crippen molar-refractivity contribution in [2.75, 3.05) is 33.9 Å². The van der Waals surface area contributed by atoms with Crippen LogP contribution in [0.4, 0.5) is 0 Å². The molecular formula is C23H28N4O5. The van der Waals surface area contributed by atoms with Gasteiger partial charge in [0.2, 0.25) is 0 Å². The molecule has 0 spiro atoms. The minimum Gasteiger partial charge on any atom is -0.493 e. The fraction of sp³-hybridized carbons (Fsp3) is 0.304. The van der Waals surface area contributed by atoms with E-state index in [1.54, 1.807) is 26.4 Å². The highest BCUT2D eigenvalue weighted by Crippen LogP contribution is 2.27. The first-order chi connectivity index (χ1) is 15.5. The number of carbonyl (C=O) groups is 1. The van der Waals surface area contributed by atoms with Crippen molar-refractivity contribution in [2.24, 2.45) is 5.73 Å². The quantitative estimate of drug-likeness (QED) is 0.316. The fourth-order valence-electron chi connectivity index (χ4n) is 3.09. The third-order valence-corrected chi connectivity index (χ3v) is 4.83. The molecule has 0 aliphatic carbocycles. The molecule has 0 bridgehead atoms. The maximum atomic E-state index is 11.2. The van der Waals surface area contributed by atoms with E-state index in [9.17, 15) is 9.90 Å². The Kier molecular flexibility index (Phi) is 8.07. The van der Waals surface area contributed by atoms with Crippen LogP contribution in [-0.4, -0.2) is 61.0 Å². The number of ether oxygens (including phenoxy) is 3. The number of aliphatic hydroxyl groups excluding tert-OH is 1. The molecule has 0 radical (unpaired) electrons. The molecular weight excluding hydrogens is 412 g/mol. The summed E-state index contributed by atoms with van der Waals surface area (Å²) in [6.07, 6.45) is 1.54. The van der Waals surface area contributed by atoms with Gasteiger partial charge in [0.25, 0.3) is 5.91 Å². The van der Waals surface area contributed by atoms with Crippen LogP contribution in [0, 0.1) is 0 Å². The van der Waals surface area contributed by atoms with Crippen molar-refractivity contribution in [3.05, 3.63) is 59.9 Å². The monoisotopic (exact) mass is 440 g/mol. The number of hydrogen-bond donors (Lipinski definition) is 4. The number of benzene rings is 2. The van der Waals surface area contributed by atoms with Gasteiger partial charge in [-0.3, -0.25) is 4.79 Å². The van der Waals surface area contributed by atoms with Crippen LogP contribution in [0.3, 0.4) is 0 Å². The molecule has 9 heteroatoms. The molecule has 0 fully saturated rings. The highest BCUT2D eigenvalue weighted by Gasteiger charge is 2.09. The lowest BCUT2D eigenvalue weighted by Gasteiger charge is -2.14. The Morgan fingerprint density at radius 3 is 2.56 bits per heavy atom. The van der Waals surface area contributed by atoms with Gasteiger partial charge in [-0.05, 0) is 54.9 Å². The van der Waals surface area contributed by atoms with Gasteiger partial charge in [0.15, 0.2) is 11.5 Å². The Labute approximate surface area is 186 Å². The summed E-state index contributed by atoms with van der Waals surface area (Å²) in [5.74, 6) is 2.01. The second-order valence-corrected chi connectivity index (χ2v) is 7.14. The molecule has 0 saturated carbocycles. The van der Waals surface area contributed by atoms with Crippen LogP contribution in [0.1, 0.15) is 16.1 Å². The zero-order chi connectivity index (χ0) is 22.9. The van der Waals surface area contributed by atoms with Gasteiger partial charge >= 0.3 is 0 Å². The Balaban J connectivity index is 1.39. The summed E-state index contributed by atoms with van der Waals surface area (Å²) in [4.78, 5) is 18.2. The van der Waals surface area contributed by atoms with E-state index in [1.165, 1.54) is 6.20 Å². The van der Waals surface area contributed by atoms with E-state index in [0.29, 0.717) is 36.2 Å². The normalized spacial score (nSPS) is 11.7. The third-order valence-electron chi connectivity index (χ3n) is 4.83. The van der Waals surface area contributed by atoms with Gasteiger partial charge in [-0.2, -0.15) is 0 Å². The third kappa shape index (κ3) is 6.22. The van der Waals surface area contributed by atoms with Crippen molar-refractivity contribution in [2.45, 2.75) is 12.5 Å². The molecule has 0 saturated heterocycles. The number of hydrogen-bond acceptors (Lipinski definition) is 7. The number of imidazole rings is 1. The molecule has 3 aromatic rings. The van der Waals surface area contributed by atoms with Crippen LogP contribution < -0.4 is 25.3 Å². The molecule has 32 heavy (non-hydrogen) atoms. The van der Waals surface area contributed by atoms with Gasteiger partial charge in [0.05, 0.1) is 20.4 Å². The standard InChI is InChI=1S/C23H28N4O5/c1-30-20-8-3-15(11-21(20)31-2)9-10-25-12-17(28)14-32-18-6-4-16(5-7-18)23-26-13-19(27-23)22(24)29/h3-8,11,13,17,25,28H,9-10,12,14H2,1-2H3,(H2,24,29)(H,26,27)/t17-/m1/s1. The molecule has 0 unspecified atom stereocenters. The van der Waals surface area contributed by atoms with Crippen LogP contribution in [0.5, 0.6) is 17.2 Å². The van der Waals surface area contributed by atoms with E-state index < -0.39 is 12.0 Å². The van der Waals surface area contributed by atoms with Crippen LogP contribution in [0.25, 0.3) is 11.4 Å². The van der Waals surface area contributed by atoms with Crippen molar-refractivity contribution < 1.29 is 24.1 Å². The van der Waals surface area contributed by atoms with Crippen molar-refractivity contribution in [1.29, 1.82) is 0 Å². The topological polar surface area (TPSA) is 132 Å². The van der Waals surface area contributed by atoms with Crippen LogP contribution in [0.15, 0.2) is 48.7 Å². The number of nitrogens with zero attached hydrogens (tertiary/aromatic N) is 1. The Morgan fingerprint density at radius 2 is 1.91 bits per heavy atom. The van der Waals surface area contributed by atoms with Crippen molar-refractivity contribution >= 4 is 5.91 Å². The first-order valence-electron chi connectivity index (χ1n) is 10.2. The minimum absolute atomic E-state index is 0.162. The first-order valence-corrected chi connectivity index (χ1v) is 10.2. The lowest BCUT2D eigenvalue weighted by Crippen LogP contribution is -2.32. The van der Waals surface area contributed by atoms with Crippen molar-refractivity contribution in [3.8, 4) is 28.6 Å². The van der Waals surface area contributed by atoms with E-state index >= 15 is 0 Å². The van der Waals surface area contributed by atoms with E-state index in [4.69, 9.17) is 19.9 Å². The van der Waals surface area contributed by atoms with Gasteiger partial charge in [-0.1, -0.05) is 6.07 Å². The maximum absolute atomic E-state index is 11.2. The van der Waals surface area contributed by atoms with Gasteiger partial charge < -0.3 is 35.4 Å². The van der Waals surface area contributed by atoms with E-state index in [1.807, 2.05) is 30.3 Å². The molecule has 3 rings (SSSR count). The highest BCUT2D eigenvalue weighted by atomic mass is 16.5. The second-order valence-electron chi connectivity index (χ2n) is 7.14. The summed E-state index contributed by atoms with van der Waals surface area (Å²) >= 11 is 0.